The average Bonchev–Trinajstić information content (AvgIpc) is 3.18. The fourth-order valence-electron chi connectivity index (χ4n) is 3.01. The van der Waals surface area contributed by atoms with Crippen molar-refractivity contribution in [3.05, 3.63) is 83.0 Å². The molecule has 0 atom stereocenters. The minimum Gasteiger partial charge on any atom is -0.340 e. The van der Waals surface area contributed by atoms with E-state index >= 15 is 0 Å². The normalized spacial score (nSPS) is 11.2. The SMILES string of the molecule is Cc1ccc(Nc2cc(Nc3ccc(NS(=O)(=O)c4ccc(C)s4)cc3)nc(C)n2)cc1. The average molecular weight is 466 g/mol. The van der Waals surface area contributed by atoms with Crippen LogP contribution >= 0.6 is 11.3 Å². The van der Waals surface area contributed by atoms with Gasteiger partial charge in [0.15, 0.2) is 0 Å². The Bertz CT molecular complexity index is 1330. The molecule has 0 aliphatic heterocycles. The molecule has 0 aliphatic rings. The van der Waals surface area contributed by atoms with E-state index in [0.717, 1.165) is 16.3 Å². The van der Waals surface area contributed by atoms with E-state index in [1.165, 1.54) is 16.9 Å². The molecule has 0 radical (unpaired) electrons. The lowest BCUT2D eigenvalue weighted by Gasteiger charge is -2.11. The van der Waals surface area contributed by atoms with Crippen molar-refractivity contribution >= 4 is 50.1 Å². The molecule has 0 fully saturated rings. The minimum atomic E-state index is -3.59. The lowest BCUT2D eigenvalue weighted by Crippen LogP contribution is -2.11. The second-order valence-corrected chi connectivity index (χ2v) is 10.5. The Kier molecular flexibility index (Phi) is 6.11. The van der Waals surface area contributed by atoms with Crippen LogP contribution in [0.1, 0.15) is 16.3 Å². The maximum Gasteiger partial charge on any atom is 0.271 e. The molecule has 0 amide bonds. The van der Waals surface area contributed by atoms with Gasteiger partial charge < -0.3 is 10.6 Å². The highest BCUT2D eigenvalue weighted by Gasteiger charge is 2.16. The van der Waals surface area contributed by atoms with Gasteiger partial charge in [-0.3, -0.25) is 4.72 Å². The van der Waals surface area contributed by atoms with E-state index in [0.29, 0.717) is 27.4 Å². The molecule has 3 N–H and O–H groups in total. The van der Waals surface area contributed by atoms with Crippen molar-refractivity contribution in [2.75, 3.05) is 15.4 Å². The highest BCUT2D eigenvalue weighted by Crippen LogP contribution is 2.25. The molecular weight excluding hydrogens is 442 g/mol. The summed E-state index contributed by atoms with van der Waals surface area (Å²) in [5, 5.41) is 6.52. The summed E-state index contributed by atoms with van der Waals surface area (Å²) in [5.74, 6) is 1.94. The van der Waals surface area contributed by atoms with E-state index in [9.17, 15) is 8.42 Å². The van der Waals surface area contributed by atoms with Crippen LogP contribution in [0.4, 0.5) is 28.7 Å². The molecule has 164 valence electrons. The Morgan fingerprint density at radius 2 is 1.25 bits per heavy atom. The van der Waals surface area contributed by atoms with Crippen molar-refractivity contribution in [1.82, 2.24) is 9.97 Å². The molecule has 2 aromatic heterocycles. The topological polar surface area (TPSA) is 96.0 Å². The Hall–Kier alpha value is -3.43. The monoisotopic (exact) mass is 465 g/mol. The van der Waals surface area contributed by atoms with E-state index in [1.54, 1.807) is 36.4 Å². The van der Waals surface area contributed by atoms with Crippen LogP contribution in [0.25, 0.3) is 0 Å². The fraction of sp³-hybridized carbons (Fsp3) is 0.130. The van der Waals surface area contributed by atoms with Crippen molar-refractivity contribution in [1.29, 1.82) is 0 Å². The molecule has 2 heterocycles. The highest BCUT2D eigenvalue weighted by molar-refractivity contribution is 7.94. The molecule has 0 bridgehead atoms. The van der Waals surface area contributed by atoms with Crippen LogP contribution in [0.5, 0.6) is 0 Å². The Morgan fingerprint density at radius 1 is 0.719 bits per heavy atom. The molecule has 4 aromatic rings. The van der Waals surface area contributed by atoms with Crippen LogP contribution in [-0.4, -0.2) is 18.4 Å². The Balaban J connectivity index is 1.46. The molecule has 2 aromatic carbocycles. The number of rotatable bonds is 7. The van der Waals surface area contributed by atoms with Crippen molar-refractivity contribution in [3.63, 3.8) is 0 Å². The summed E-state index contributed by atoms with van der Waals surface area (Å²) in [6.07, 6.45) is 0. The predicted molar refractivity (Wildman–Crippen MR) is 131 cm³/mol. The Labute approximate surface area is 191 Å². The smallest absolute Gasteiger partial charge is 0.271 e. The third kappa shape index (κ3) is 5.43. The van der Waals surface area contributed by atoms with E-state index in [1.807, 2.05) is 51.1 Å². The van der Waals surface area contributed by atoms with Crippen molar-refractivity contribution < 1.29 is 8.42 Å². The lowest BCUT2D eigenvalue weighted by atomic mass is 10.2. The number of nitrogens with zero attached hydrogens (tertiary/aromatic N) is 2. The van der Waals surface area contributed by atoms with Crippen molar-refractivity contribution in [3.8, 4) is 0 Å². The second-order valence-electron chi connectivity index (χ2n) is 7.35. The standard InChI is InChI=1S/C23H23N5O2S2/c1-15-4-7-18(8-5-15)26-21-14-22(25-17(3)24-21)27-19-9-11-20(12-10-19)28-32(29,30)23-13-6-16(2)31-23/h4-14,28H,1-3H3,(H2,24,25,26,27). The number of benzene rings is 2. The molecule has 9 heteroatoms. The van der Waals surface area contributed by atoms with Gasteiger partial charge >= 0.3 is 0 Å². The molecule has 0 unspecified atom stereocenters. The summed E-state index contributed by atoms with van der Waals surface area (Å²) in [6.45, 7) is 5.75. The van der Waals surface area contributed by atoms with E-state index in [2.05, 4.69) is 25.3 Å². The number of aromatic nitrogens is 2. The van der Waals surface area contributed by atoms with Crippen molar-refractivity contribution in [2.24, 2.45) is 0 Å². The van der Waals surface area contributed by atoms with Crippen LogP contribution in [0.3, 0.4) is 0 Å². The van der Waals surface area contributed by atoms with Crippen molar-refractivity contribution in [2.45, 2.75) is 25.0 Å². The number of aryl methyl sites for hydroxylation is 3. The summed E-state index contributed by atoms with van der Waals surface area (Å²) in [6, 6.07) is 20.3. The molecule has 32 heavy (non-hydrogen) atoms. The highest BCUT2D eigenvalue weighted by atomic mass is 32.2. The lowest BCUT2D eigenvalue weighted by molar-refractivity contribution is 0.603. The zero-order chi connectivity index (χ0) is 22.7. The summed E-state index contributed by atoms with van der Waals surface area (Å²) in [4.78, 5) is 9.82. The van der Waals surface area contributed by atoms with Gasteiger partial charge in [-0.05, 0) is 69.3 Å². The summed E-state index contributed by atoms with van der Waals surface area (Å²) < 4.78 is 27.9. The van der Waals surface area contributed by atoms with Crippen LogP contribution < -0.4 is 15.4 Å². The van der Waals surface area contributed by atoms with Crippen LogP contribution in [0, 0.1) is 20.8 Å². The minimum absolute atomic E-state index is 0.294. The number of thiophene rings is 1. The van der Waals surface area contributed by atoms with Gasteiger partial charge in [0, 0.05) is 28.0 Å². The number of sulfonamides is 1. The molecule has 0 saturated carbocycles. The summed E-state index contributed by atoms with van der Waals surface area (Å²) in [7, 11) is -3.59. The maximum absolute atomic E-state index is 12.5. The van der Waals surface area contributed by atoms with Gasteiger partial charge in [0.1, 0.15) is 21.7 Å². The van der Waals surface area contributed by atoms with Crippen LogP contribution in [-0.2, 0) is 10.0 Å². The quantitative estimate of drug-likeness (QED) is 0.322. The summed E-state index contributed by atoms with van der Waals surface area (Å²) in [5.41, 5.74) is 3.40. The Morgan fingerprint density at radius 3 is 1.78 bits per heavy atom. The first-order chi connectivity index (χ1) is 15.3. The summed E-state index contributed by atoms with van der Waals surface area (Å²) >= 11 is 1.24. The zero-order valence-electron chi connectivity index (χ0n) is 17.9. The third-order valence-electron chi connectivity index (χ3n) is 4.55. The first-order valence-corrected chi connectivity index (χ1v) is 12.2. The number of hydrogen-bond donors (Lipinski definition) is 3. The molecule has 4 rings (SSSR count). The third-order valence-corrected chi connectivity index (χ3v) is 7.43. The van der Waals surface area contributed by atoms with Gasteiger partial charge in [-0.1, -0.05) is 17.7 Å². The number of anilines is 5. The first kappa shape index (κ1) is 21.8. The van der Waals surface area contributed by atoms with E-state index in [4.69, 9.17) is 0 Å². The van der Waals surface area contributed by atoms with Crippen LogP contribution in [0.15, 0.2) is 70.9 Å². The van der Waals surface area contributed by atoms with Gasteiger partial charge in [0.25, 0.3) is 10.0 Å². The molecular formula is C23H23N5O2S2. The number of nitrogens with one attached hydrogen (secondary N) is 3. The molecule has 0 saturated heterocycles. The molecule has 0 aliphatic carbocycles. The van der Waals surface area contributed by atoms with Gasteiger partial charge in [-0.2, -0.15) is 0 Å². The second kappa shape index (κ2) is 8.97. The van der Waals surface area contributed by atoms with Gasteiger partial charge in [-0.15, -0.1) is 11.3 Å². The zero-order valence-corrected chi connectivity index (χ0v) is 19.5. The molecule has 0 spiro atoms. The first-order valence-electron chi connectivity index (χ1n) is 9.93. The van der Waals surface area contributed by atoms with Gasteiger partial charge in [0.2, 0.25) is 0 Å². The van der Waals surface area contributed by atoms with E-state index in [-0.39, 0.29) is 0 Å². The molecule has 7 nitrogen and oxygen atoms in total. The fourth-order valence-corrected chi connectivity index (χ4v) is 5.35. The van der Waals surface area contributed by atoms with Crippen LogP contribution in [0.2, 0.25) is 0 Å². The van der Waals surface area contributed by atoms with Gasteiger partial charge in [0.05, 0.1) is 0 Å². The number of hydrogen-bond acceptors (Lipinski definition) is 7. The van der Waals surface area contributed by atoms with E-state index < -0.39 is 10.0 Å². The predicted octanol–water partition coefficient (Wildman–Crippen LogP) is 5.75. The van der Waals surface area contributed by atoms with Gasteiger partial charge in [-0.25, -0.2) is 18.4 Å². The largest absolute Gasteiger partial charge is 0.340 e. The maximum atomic E-state index is 12.5.